The first-order valence-electron chi connectivity index (χ1n) is 9.29. The van der Waals surface area contributed by atoms with E-state index in [-0.39, 0.29) is 5.91 Å². The summed E-state index contributed by atoms with van der Waals surface area (Å²) >= 11 is 0. The van der Waals surface area contributed by atoms with E-state index in [4.69, 9.17) is 4.74 Å². The van der Waals surface area contributed by atoms with E-state index in [1.165, 1.54) is 5.56 Å². The van der Waals surface area contributed by atoms with E-state index in [1.54, 1.807) is 12.0 Å². The number of amides is 1. The molecule has 3 aromatic carbocycles. The molecule has 3 heteroatoms. The predicted octanol–water partition coefficient (Wildman–Crippen LogP) is 5.20. The van der Waals surface area contributed by atoms with Crippen molar-refractivity contribution in [1.29, 1.82) is 0 Å². The van der Waals surface area contributed by atoms with Crippen molar-refractivity contribution < 1.29 is 9.53 Å². The third-order valence-electron chi connectivity index (χ3n) is 4.63. The molecule has 0 aliphatic rings. The van der Waals surface area contributed by atoms with Gasteiger partial charge in [0.05, 0.1) is 7.11 Å². The van der Waals surface area contributed by atoms with Gasteiger partial charge in [-0.1, -0.05) is 72.3 Å². The number of benzene rings is 3. The van der Waals surface area contributed by atoms with Crippen molar-refractivity contribution in [2.24, 2.45) is 0 Å². The SMILES string of the molecule is COc1ccc(/C=C(/C(=O)N(C)Cc2ccc(C)cc2)c2ccccc2)cc1. The molecule has 142 valence electrons. The highest BCUT2D eigenvalue weighted by molar-refractivity contribution is 6.24. The van der Waals surface area contributed by atoms with Gasteiger partial charge in [0.2, 0.25) is 0 Å². The van der Waals surface area contributed by atoms with Crippen LogP contribution in [-0.4, -0.2) is 25.0 Å². The van der Waals surface area contributed by atoms with Gasteiger partial charge in [0, 0.05) is 19.2 Å². The van der Waals surface area contributed by atoms with E-state index < -0.39 is 0 Å². The average molecular weight is 371 g/mol. The lowest BCUT2D eigenvalue weighted by atomic mass is 10.0. The van der Waals surface area contributed by atoms with Crippen LogP contribution in [0.1, 0.15) is 22.3 Å². The smallest absolute Gasteiger partial charge is 0.254 e. The summed E-state index contributed by atoms with van der Waals surface area (Å²) in [5.41, 5.74) is 4.84. The lowest BCUT2D eigenvalue weighted by Crippen LogP contribution is -2.27. The quantitative estimate of drug-likeness (QED) is 0.440. The number of hydrogen-bond acceptors (Lipinski definition) is 2. The van der Waals surface area contributed by atoms with Crippen molar-refractivity contribution in [1.82, 2.24) is 4.90 Å². The van der Waals surface area contributed by atoms with Gasteiger partial charge in [-0.15, -0.1) is 0 Å². The Morgan fingerprint density at radius 2 is 1.57 bits per heavy atom. The molecule has 0 heterocycles. The molecule has 0 saturated carbocycles. The molecule has 0 spiro atoms. The Balaban J connectivity index is 1.90. The zero-order chi connectivity index (χ0) is 19.9. The standard InChI is InChI=1S/C25H25NO2/c1-19-9-11-21(12-10-19)18-26(2)25(27)24(22-7-5-4-6-8-22)17-20-13-15-23(28-3)16-14-20/h4-17H,18H2,1-3H3/b24-17+. The molecular weight excluding hydrogens is 346 g/mol. The Morgan fingerprint density at radius 3 is 2.18 bits per heavy atom. The van der Waals surface area contributed by atoms with Gasteiger partial charge in [0.15, 0.2) is 0 Å². The first kappa shape index (κ1) is 19.4. The Morgan fingerprint density at radius 1 is 0.929 bits per heavy atom. The molecule has 0 atom stereocenters. The van der Waals surface area contributed by atoms with Gasteiger partial charge in [-0.25, -0.2) is 0 Å². The van der Waals surface area contributed by atoms with Crippen LogP contribution >= 0.6 is 0 Å². The molecule has 3 aromatic rings. The minimum atomic E-state index is -0.0115. The van der Waals surface area contributed by atoms with Crippen LogP contribution in [0.2, 0.25) is 0 Å². The third kappa shape index (κ3) is 4.89. The van der Waals surface area contributed by atoms with Crippen LogP contribution in [0.25, 0.3) is 11.6 Å². The van der Waals surface area contributed by atoms with Gasteiger partial charge in [0.25, 0.3) is 5.91 Å². The summed E-state index contributed by atoms with van der Waals surface area (Å²) in [6.45, 7) is 2.62. The third-order valence-corrected chi connectivity index (χ3v) is 4.63. The number of ether oxygens (including phenoxy) is 1. The second-order valence-electron chi connectivity index (χ2n) is 6.84. The number of likely N-dealkylation sites (N-methyl/N-ethyl adjacent to an activating group) is 1. The molecule has 28 heavy (non-hydrogen) atoms. The fourth-order valence-electron chi connectivity index (χ4n) is 3.00. The molecule has 0 radical (unpaired) electrons. The van der Waals surface area contributed by atoms with E-state index in [2.05, 4.69) is 31.2 Å². The van der Waals surface area contributed by atoms with Gasteiger partial charge in [0.1, 0.15) is 5.75 Å². The van der Waals surface area contributed by atoms with Gasteiger partial charge < -0.3 is 9.64 Å². The second-order valence-corrected chi connectivity index (χ2v) is 6.84. The Labute approximate surface area is 166 Å². The maximum Gasteiger partial charge on any atom is 0.254 e. The van der Waals surface area contributed by atoms with Crippen LogP contribution in [0.4, 0.5) is 0 Å². The Bertz CT molecular complexity index is 942. The molecular formula is C25H25NO2. The second kappa shape index (κ2) is 9.05. The summed E-state index contributed by atoms with van der Waals surface area (Å²) in [6.07, 6.45) is 1.93. The van der Waals surface area contributed by atoms with Crippen molar-refractivity contribution in [2.75, 3.05) is 14.2 Å². The fourth-order valence-corrected chi connectivity index (χ4v) is 3.00. The van der Waals surface area contributed by atoms with Crippen LogP contribution in [0.3, 0.4) is 0 Å². The van der Waals surface area contributed by atoms with Gasteiger partial charge in [-0.3, -0.25) is 4.79 Å². The normalized spacial score (nSPS) is 11.2. The number of carbonyl (C=O) groups excluding carboxylic acids is 1. The first-order valence-corrected chi connectivity index (χ1v) is 9.29. The fraction of sp³-hybridized carbons (Fsp3) is 0.160. The summed E-state index contributed by atoms with van der Waals surface area (Å²) in [5.74, 6) is 0.781. The van der Waals surface area contributed by atoms with Crippen LogP contribution < -0.4 is 4.74 Å². The number of hydrogen-bond donors (Lipinski definition) is 0. The number of aryl methyl sites for hydroxylation is 1. The van der Waals surface area contributed by atoms with E-state index in [1.807, 2.05) is 67.7 Å². The summed E-state index contributed by atoms with van der Waals surface area (Å²) in [5, 5.41) is 0. The van der Waals surface area contributed by atoms with Crippen LogP contribution in [0.5, 0.6) is 5.75 Å². The van der Waals surface area contributed by atoms with Crippen LogP contribution in [-0.2, 0) is 11.3 Å². The summed E-state index contributed by atoms with van der Waals surface area (Å²) < 4.78 is 5.22. The van der Waals surface area contributed by atoms with Crippen molar-refractivity contribution >= 4 is 17.6 Å². The van der Waals surface area contributed by atoms with Gasteiger partial charge >= 0.3 is 0 Å². The molecule has 0 aliphatic carbocycles. The molecule has 0 N–H and O–H groups in total. The molecule has 0 fully saturated rings. The predicted molar refractivity (Wildman–Crippen MR) is 115 cm³/mol. The molecule has 0 aliphatic heterocycles. The topological polar surface area (TPSA) is 29.5 Å². The summed E-state index contributed by atoms with van der Waals surface area (Å²) in [6, 6.07) is 25.7. The minimum Gasteiger partial charge on any atom is -0.497 e. The Kier molecular flexibility index (Phi) is 6.28. The van der Waals surface area contributed by atoms with E-state index in [0.29, 0.717) is 12.1 Å². The summed E-state index contributed by atoms with van der Waals surface area (Å²) in [4.78, 5) is 15.0. The molecule has 0 unspecified atom stereocenters. The molecule has 1 amide bonds. The molecule has 3 rings (SSSR count). The maximum atomic E-state index is 13.3. The highest BCUT2D eigenvalue weighted by atomic mass is 16.5. The molecule has 0 aromatic heterocycles. The number of nitrogens with zero attached hydrogens (tertiary/aromatic N) is 1. The van der Waals surface area contributed by atoms with Gasteiger partial charge in [-0.05, 0) is 41.8 Å². The minimum absolute atomic E-state index is 0.0115. The highest BCUT2D eigenvalue weighted by Crippen LogP contribution is 2.22. The van der Waals surface area contributed by atoms with E-state index >= 15 is 0 Å². The van der Waals surface area contributed by atoms with Crippen molar-refractivity contribution in [3.63, 3.8) is 0 Å². The highest BCUT2D eigenvalue weighted by Gasteiger charge is 2.17. The monoisotopic (exact) mass is 371 g/mol. The average Bonchev–Trinajstić information content (AvgIpc) is 2.74. The number of rotatable bonds is 6. The van der Waals surface area contributed by atoms with Crippen molar-refractivity contribution in [3.05, 3.63) is 101 Å². The van der Waals surface area contributed by atoms with E-state index in [0.717, 1.165) is 22.4 Å². The zero-order valence-electron chi connectivity index (χ0n) is 16.6. The van der Waals surface area contributed by atoms with Crippen LogP contribution in [0, 0.1) is 6.92 Å². The largest absolute Gasteiger partial charge is 0.497 e. The van der Waals surface area contributed by atoms with E-state index in [9.17, 15) is 4.79 Å². The lowest BCUT2D eigenvalue weighted by molar-refractivity contribution is -0.124. The van der Waals surface area contributed by atoms with Crippen LogP contribution in [0.15, 0.2) is 78.9 Å². The van der Waals surface area contributed by atoms with Crippen molar-refractivity contribution in [3.8, 4) is 5.75 Å². The number of methoxy groups -OCH3 is 1. The van der Waals surface area contributed by atoms with Gasteiger partial charge in [-0.2, -0.15) is 0 Å². The zero-order valence-corrected chi connectivity index (χ0v) is 16.6. The van der Waals surface area contributed by atoms with Crippen molar-refractivity contribution in [2.45, 2.75) is 13.5 Å². The lowest BCUT2D eigenvalue weighted by Gasteiger charge is -2.20. The maximum absolute atomic E-state index is 13.3. The first-order chi connectivity index (χ1) is 13.6. The summed E-state index contributed by atoms with van der Waals surface area (Å²) in [7, 11) is 3.48. The molecule has 3 nitrogen and oxygen atoms in total. The number of carbonyl (C=O) groups is 1. The molecule has 0 saturated heterocycles. The Hall–Kier alpha value is -3.33. The molecule has 0 bridgehead atoms.